The third-order valence-electron chi connectivity index (χ3n) is 4.24. The Morgan fingerprint density at radius 3 is 2.63 bits per heavy atom. The van der Waals surface area contributed by atoms with E-state index in [4.69, 9.17) is 0 Å². The molecule has 0 saturated heterocycles. The molecule has 0 radical (unpaired) electrons. The highest BCUT2D eigenvalue weighted by Gasteiger charge is 2.31. The smallest absolute Gasteiger partial charge is 0.0795 e. The van der Waals surface area contributed by atoms with Crippen LogP contribution >= 0.6 is 11.3 Å². The van der Waals surface area contributed by atoms with Gasteiger partial charge in [0.05, 0.1) is 11.2 Å². The van der Waals surface area contributed by atoms with Crippen molar-refractivity contribution in [2.45, 2.75) is 45.1 Å². The summed E-state index contributed by atoms with van der Waals surface area (Å²) in [6, 6.07) is 0. The van der Waals surface area contributed by atoms with Crippen molar-refractivity contribution >= 4 is 11.3 Å². The number of thiazole rings is 1. The Labute approximate surface area is 121 Å². The molecule has 0 atom stereocenters. The van der Waals surface area contributed by atoms with Crippen LogP contribution in [0.15, 0.2) is 10.9 Å². The molecule has 0 bridgehead atoms. The van der Waals surface area contributed by atoms with E-state index < -0.39 is 0 Å². The quantitative estimate of drug-likeness (QED) is 0.812. The van der Waals surface area contributed by atoms with Crippen molar-refractivity contribution in [3.63, 3.8) is 0 Å². The minimum atomic E-state index is 0.468. The summed E-state index contributed by atoms with van der Waals surface area (Å²) < 4.78 is 0. The predicted molar refractivity (Wildman–Crippen MR) is 82.5 cm³/mol. The van der Waals surface area contributed by atoms with Crippen molar-refractivity contribution in [3.05, 3.63) is 16.6 Å². The molecule has 1 aromatic heterocycles. The first kappa shape index (κ1) is 14.9. The fourth-order valence-electron chi connectivity index (χ4n) is 3.46. The van der Waals surface area contributed by atoms with Gasteiger partial charge < -0.3 is 5.32 Å². The number of hydrogen-bond donors (Lipinski definition) is 1. The monoisotopic (exact) mass is 281 g/mol. The van der Waals surface area contributed by atoms with Gasteiger partial charge in [-0.3, -0.25) is 4.90 Å². The van der Waals surface area contributed by atoms with E-state index in [2.05, 4.69) is 34.7 Å². The van der Waals surface area contributed by atoms with E-state index >= 15 is 0 Å². The van der Waals surface area contributed by atoms with Crippen LogP contribution in [0.3, 0.4) is 0 Å². The zero-order valence-corrected chi connectivity index (χ0v) is 13.1. The lowest BCUT2D eigenvalue weighted by atomic mass is 9.79. The molecule has 1 saturated carbocycles. The third kappa shape index (κ3) is 4.55. The molecule has 1 aliphatic carbocycles. The van der Waals surface area contributed by atoms with Crippen LogP contribution in [0.5, 0.6) is 0 Å². The van der Waals surface area contributed by atoms with E-state index in [1.807, 2.05) is 5.51 Å². The summed E-state index contributed by atoms with van der Waals surface area (Å²) in [5.41, 5.74) is 3.61. The number of aromatic nitrogens is 1. The lowest BCUT2D eigenvalue weighted by molar-refractivity contribution is 0.143. The second-order valence-corrected chi connectivity index (χ2v) is 6.82. The van der Waals surface area contributed by atoms with Gasteiger partial charge in [-0.25, -0.2) is 4.98 Å². The molecule has 0 aliphatic heterocycles. The van der Waals surface area contributed by atoms with Crippen molar-refractivity contribution in [1.29, 1.82) is 0 Å². The Kier molecular flexibility index (Phi) is 5.79. The van der Waals surface area contributed by atoms with Gasteiger partial charge in [-0.1, -0.05) is 25.7 Å². The second-order valence-electron chi connectivity index (χ2n) is 6.10. The Morgan fingerprint density at radius 2 is 2.05 bits per heavy atom. The SMILES string of the molecule is CNCC1(CN(C)Cc2cscn2)CCCCCC1. The van der Waals surface area contributed by atoms with Gasteiger partial charge in [0.1, 0.15) is 0 Å². The first-order chi connectivity index (χ1) is 9.24. The molecule has 0 amide bonds. The largest absolute Gasteiger partial charge is 0.319 e. The van der Waals surface area contributed by atoms with Crippen LogP contribution in [-0.4, -0.2) is 37.1 Å². The molecule has 0 spiro atoms. The molecule has 1 aliphatic rings. The van der Waals surface area contributed by atoms with E-state index in [1.54, 1.807) is 11.3 Å². The zero-order chi connectivity index (χ0) is 13.6. The average Bonchev–Trinajstić information content (AvgIpc) is 2.76. The van der Waals surface area contributed by atoms with Gasteiger partial charge >= 0.3 is 0 Å². The van der Waals surface area contributed by atoms with Crippen molar-refractivity contribution in [2.75, 3.05) is 27.2 Å². The highest BCUT2D eigenvalue weighted by molar-refractivity contribution is 7.07. The maximum atomic E-state index is 4.40. The van der Waals surface area contributed by atoms with Crippen LogP contribution in [-0.2, 0) is 6.54 Å². The molecule has 0 aromatic carbocycles. The van der Waals surface area contributed by atoms with Crippen LogP contribution in [0.2, 0.25) is 0 Å². The van der Waals surface area contributed by atoms with Crippen LogP contribution in [0, 0.1) is 5.41 Å². The predicted octanol–water partition coefficient (Wildman–Crippen LogP) is 3.13. The Balaban J connectivity index is 1.94. The third-order valence-corrected chi connectivity index (χ3v) is 4.87. The number of hydrogen-bond acceptors (Lipinski definition) is 4. The topological polar surface area (TPSA) is 28.2 Å². The summed E-state index contributed by atoms with van der Waals surface area (Å²) in [5.74, 6) is 0. The fourth-order valence-corrected chi connectivity index (χ4v) is 4.01. The van der Waals surface area contributed by atoms with Gasteiger partial charge in [-0.05, 0) is 32.4 Å². The maximum absolute atomic E-state index is 4.40. The summed E-state index contributed by atoms with van der Waals surface area (Å²) in [6.07, 6.45) is 8.37. The molecule has 1 heterocycles. The van der Waals surface area contributed by atoms with E-state index in [-0.39, 0.29) is 0 Å². The van der Waals surface area contributed by atoms with E-state index in [0.29, 0.717) is 5.41 Å². The Morgan fingerprint density at radius 1 is 1.32 bits per heavy atom. The molecule has 4 heteroatoms. The maximum Gasteiger partial charge on any atom is 0.0795 e. The normalized spacial score (nSPS) is 19.5. The summed E-state index contributed by atoms with van der Waals surface area (Å²) in [7, 11) is 4.33. The Bertz CT molecular complexity index is 342. The molecule has 1 N–H and O–H groups in total. The molecule has 3 nitrogen and oxygen atoms in total. The van der Waals surface area contributed by atoms with Gasteiger partial charge in [0.15, 0.2) is 0 Å². The molecule has 1 aromatic rings. The Hall–Kier alpha value is -0.450. The summed E-state index contributed by atoms with van der Waals surface area (Å²) in [5, 5.41) is 5.59. The highest BCUT2D eigenvalue weighted by atomic mass is 32.1. The van der Waals surface area contributed by atoms with Crippen LogP contribution in [0.4, 0.5) is 0 Å². The lowest BCUT2D eigenvalue weighted by Crippen LogP contribution is -2.41. The van der Waals surface area contributed by atoms with Gasteiger partial charge in [0.25, 0.3) is 0 Å². The highest BCUT2D eigenvalue weighted by Crippen LogP contribution is 2.35. The minimum absolute atomic E-state index is 0.468. The molecule has 2 rings (SSSR count). The van der Waals surface area contributed by atoms with Gasteiger partial charge in [0.2, 0.25) is 0 Å². The van der Waals surface area contributed by atoms with Crippen molar-refractivity contribution < 1.29 is 0 Å². The number of rotatable bonds is 6. The molecule has 0 unspecified atom stereocenters. The molecular weight excluding hydrogens is 254 g/mol. The van der Waals surface area contributed by atoms with E-state index in [9.17, 15) is 0 Å². The first-order valence-electron chi connectivity index (χ1n) is 7.44. The van der Waals surface area contributed by atoms with Crippen LogP contribution in [0.25, 0.3) is 0 Å². The standard InChI is InChI=1S/C15H27N3S/c1-16-11-15(7-5-3-4-6-8-15)12-18(2)9-14-10-19-13-17-14/h10,13,16H,3-9,11-12H2,1-2H3. The molecule has 19 heavy (non-hydrogen) atoms. The number of nitrogens with one attached hydrogen (secondary N) is 1. The molecule has 1 fully saturated rings. The summed E-state index contributed by atoms with van der Waals surface area (Å²) >= 11 is 1.69. The summed E-state index contributed by atoms with van der Waals surface area (Å²) in [4.78, 5) is 6.85. The fraction of sp³-hybridized carbons (Fsp3) is 0.800. The van der Waals surface area contributed by atoms with E-state index in [1.165, 1.54) is 50.8 Å². The molecule has 108 valence electrons. The van der Waals surface area contributed by atoms with Crippen molar-refractivity contribution in [3.8, 4) is 0 Å². The van der Waals surface area contributed by atoms with E-state index in [0.717, 1.165) is 13.1 Å². The second kappa shape index (κ2) is 7.36. The van der Waals surface area contributed by atoms with Crippen molar-refractivity contribution in [1.82, 2.24) is 15.2 Å². The van der Waals surface area contributed by atoms with Gasteiger partial charge in [-0.15, -0.1) is 11.3 Å². The van der Waals surface area contributed by atoms with Crippen molar-refractivity contribution in [2.24, 2.45) is 5.41 Å². The first-order valence-corrected chi connectivity index (χ1v) is 8.39. The van der Waals surface area contributed by atoms with Crippen LogP contribution in [0.1, 0.15) is 44.2 Å². The number of nitrogens with zero attached hydrogens (tertiary/aromatic N) is 2. The van der Waals surface area contributed by atoms with Gasteiger partial charge in [0, 0.05) is 25.0 Å². The van der Waals surface area contributed by atoms with Gasteiger partial charge in [-0.2, -0.15) is 0 Å². The average molecular weight is 281 g/mol. The zero-order valence-electron chi connectivity index (χ0n) is 12.3. The van der Waals surface area contributed by atoms with Crippen LogP contribution < -0.4 is 5.32 Å². The molecular formula is C15H27N3S. The lowest BCUT2D eigenvalue weighted by Gasteiger charge is -2.36. The minimum Gasteiger partial charge on any atom is -0.319 e. The summed E-state index contributed by atoms with van der Waals surface area (Å²) in [6.45, 7) is 3.31.